The maximum absolute atomic E-state index is 12.3. The quantitative estimate of drug-likeness (QED) is 0.597. The van der Waals surface area contributed by atoms with Gasteiger partial charge in [0.05, 0.1) is 5.56 Å². The van der Waals surface area contributed by atoms with E-state index in [0.29, 0.717) is 15.6 Å². The Morgan fingerprint density at radius 3 is 2.45 bits per heavy atom. The first-order valence-electron chi connectivity index (χ1n) is 7.07. The molecule has 1 heterocycles. The van der Waals surface area contributed by atoms with Gasteiger partial charge in [-0.25, -0.2) is 4.79 Å². The largest absolute Gasteiger partial charge is 0.454 e. The fourth-order valence-electron chi connectivity index (χ4n) is 2.48. The molecule has 0 aliphatic carbocycles. The first kappa shape index (κ1) is 16.5. The Kier molecular flexibility index (Phi) is 5.19. The van der Waals surface area contributed by atoms with Crippen LogP contribution in [0.4, 0.5) is 0 Å². The number of esters is 1. The SMILES string of the molecule is CCn1c(C)cc(C(=O)COC(=O)c2ccccc2Br)c1C. The number of nitrogens with zero attached hydrogens (tertiary/aromatic N) is 1. The normalized spacial score (nSPS) is 10.5. The van der Waals surface area contributed by atoms with Crippen LogP contribution in [0.1, 0.15) is 39.0 Å². The number of carbonyl (C=O) groups is 2. The van der Waals surface area contributed by atoms with Crippen molar-refractivity contribution in [3.05, 3.63) is 57.3 Å². The molecule has 5 heteroatoms. The minimum Gasteiger partial charge on any atom is -0.454 e. The number of hydrogen-bond acceptors (Lipinski definition) is 3. The van der Waals surface area contributed by atoms with Crippen LogP contribution in [0.25, 0.3) is 0 Å². The molecule has 0 fully saturated rings. The van der Waals surface area contributed by atoms with Crippen LogP contribution in [0.15, 0.2) is 34.8 Å². The van der Waals surface area contributed by atoms with Crippen molar-refractivity contribution in [2.45, 2.75) is 27.3 Å². The molecule has 0 saturated carbocycles. The average Bonchev–Trinajstić information content (AvgIpc) is 2.79. The number of rotatable bonds is 5. The monoisotopic (exact) mass is 363 g/mol. The Hall–Kier alpha value is -1.88. The van der Waals surface area contributed by atoms with Crippen LogP contribution in [-0.2, 0) is 11.3 Å². The molecule has 1 aromatic carbocycles. The molecule has 0 amide bonds. The van der Waals surface area contributed by atoms with Crippen molar-refractivity contribution in [3.8, 4) is 0 Å². The molecule has 0 N–H and O–H groups in total. The highest BCUT2D eigenvalue weighted by atomic mass is 79.9. The lowest BCUT2D eigenvalue weighted by Crippen LogP contribution is -2.15. The third-order valence-electron chi connectivity index (χ3n) is 3.62. The lowest BCUT2D eigenvalue weighted by molar-refractivity contribution is 0.0473. The molecule has 0 spiro atoms. The van der Waals surface area contributed by atoms with Gasteiger partial charge in [-0.1, -0.05) is 12.1 Å². The van der Waals surface area contributed by atoms with Crippen LogP contribution in [0.2, 0.25) is 0 Å². The van der Waals surface area contributed by atoms with Gasteiger partial charge < -0.3 is 9.30 Å². The number of carbonyl (C=O) groups excluding carboxylic acids is 2. The number of ketones is 1. The molecule has 0 radical (unpaired) electrons. The molecule has 0 bridgehead atoms. The maximum atomic E-state index is 12.3. The van der Waals surface area contributed by atoms with Crippen LogP contribution in [0, 0.1) is 13.8 Å². The third-order valence-corrected chi connectivity index (χ3v) is 4.31. The number of halogens is 1. The van der Waals surface area contributed by atoms with Crippen molar-refractivity contribution in [2.24, 2.45) is 0 Å². The van der Waals surface area contributed by atoms with Crippen molar-refractivity contribution in [1.82, 2.24) is 4.57 Å². The zero-order valence-corrected chi connectivity index (χ0v) is 14.4. The minimum atomic E-state index is -0.509. The van der Waals surface area contributed by atoms with Gasteiger partial charge in [0.25, 0.3) is 0 Å². The van der Waals surface area contributed by atoms with Gasteiger partial charge in [-0.3, -0.25) is 4.79 Å². The molecule has 0 aliphatic heterocycles. The number of Topliss-reactive ketones (excluding diaryl/α,β-unsaturated/α-hetero) is 1. The Morgan fingerprint density at radius 2 is 1.86 bits per heavy atom. The highest BCUT2D eigenvalue weighted by molar-refractivity contribution is 9.10. The van der Waals surface area contributed by atoms with Crippen molar-refractivity contribution in [1.29, 1.82) is 0 Å². The predicted molar refractivity (Wildman–Crippen MR) is 88.3 cm³/mol. The Bertz CT molecular complexity index is 719. The molecule has 0 unspecified atom stereocenters. The van der Waals surface area contributed by atoms with Crippen LogP contribution in [-0.4, -0.2) is 22.9 Å². The average molecular weight is 364 g/mol. The molecule has 22 heavy (non-hydrogen) atoms. The highest BCUT2D eigenvalue weighted by Gasteiger charge is 2.18. The van der Waals surface area contributed by atoms with Crippen LogP contribution in [0.5, 0.6) is 0 Å². The minimum absolute atomic E-state index is 0.187. The number of aromatic nitrogens is 1. The van der Waals surface area contributed by atoms with Crippen LogP contribution >= 0.6 is 15.9 Å². The van der Waals surface area contributed by atoms with E-state index in [1.165, 1.54) is 0 Å². The molecule has 116 valence electrons. The summed E-state index contributed by atoms with van der Waals surface area (Å²) in [5, 5.41) is 0. The molecular weight excluding hydrogens is 346 g/mol. The second-order valence-corrected chi connectivity index (χ2v) is 5.86. The van der Waals surface area contributed by atoms with Crippen molar-refractivity contribution < 1.29 is 14.3 Å². The molecular formula is C17H18BrNO3. The zero-order valence-electron chi connectivity index (χ0n) is 12.9. The van der Waals surface area contributed by atoms with Crippen LogP contribution in [0.3, 0.4) is 0 Å². The number of hydrogen-bond donors (Lipinski definition) is 0. The van der Waals surface area contributed by atoms with E-state index in [9.17, 15) is 9.59 Å². The molecule has 0 aliphatic rings. The van der Waals surface area contributed by atoms with Gasteiger partial charge in [0.2, 0.25) is 5.78 Å². The Labute approximate surface area is 138 Å². The first-order valence-corrected chi connectivity index (χ1v) is 7.86. The van der Waals surface area contributed by atoms with Gasteiger partial charge in [-0.2, -0.15) is 0 Å². The number of benzene rings is 1. The van der Waals surface area contributed by atoms with Gasteiger partial charge in [-0.15, -0.1) is 0 Å². The van der Waals surface area contributed by atoms with Crippen molar-refractivity contribution in [3.63, 3.8) is 0 Å². The fourth-order valence-corrected chi connectivity index (χ4v) is 2.93. The smallest absolute Gasteiger partial charge is 0.339 e. The van der Waals surface area contributed by atoms with Gasteiger partial charge in [0.1, 0.15) is 0 Å². The summed E-state index contributed by atoms with van der Waals surface area (Å²) in [5.74, 6) is -0.696. The van der Waals surface area contributed by atoms with E-state index < -0.39 is 5.97 Å². The van der Waals surface area contributed by atoms with E-state index in [0.717, 1.165) is 17.9 Å². The maximum Gasteiger partial charge on any atom is 0.339 e. The predicted octanol–water partition coefficient (Wildman–Crippen LogP) is 3.93. The Balaban J connectivity index is 2.08. The van der Waals surface area contributed by atoms with E-state index in [1.54, 1.807) is 18.2 Å². The van der Waals surface area contributed by atoms with E-state index in [2.05, 4.69) is 20.5 Å². The first-order chi connectivity index (χ1) is 10.5. The summed E-state index contributed by atoms with van der Waals surface area (Å²) >= 11 is 3.29. The summed E-state index contributed by atoms with van der Waals surface area (Å²) in [6.07, 6.45) is 0. The second kappa shape index (κ2) is 6.92. The highest BCUT2D eigenvalue weighted by Crippen LogP contribution is 2.18. The van der Waals surface area contributed by atoms with Crippen molar-refractivity contribution in [2.75, 3.05) is 6.61 Å². The van der Waals surface area contributed by atoms with Gasteiger partial charge in [0, 0.05) is 28.0 Å². The van der Waals surface area contributed by atoms with E-state index >= 15 is 0 Å². The molecule has 2 rings (SSSR count). The van der Waals surface area contributed by atoms with Crippen molar-refractivity contribution >= 4 is 27.7 Å². The standard InChI is InChI=1S/C17H18BrNO3/c1-4-19-11(2)9-14(12(19)3)16(20)10-22-17(21)13-7-5-6-8-15(13)18/h5-9H,4,10H2,1-3H3. The molecule has 4 nitrogen and oxygen atoms in total. The van der Waals surface area contributed by atoms with Gasteiger partial charge in [-0.05, 0) is 54.9 Å². The van der Waals surface area contributed by atoms with E-state index in [4.69, 9.17) is 4.74 Å². The summed E-state index contributed by atoms with van der Waals surface area (Å²) in [4.78, 5) is 24.3. The third kappa shape index (κ3) is 3.30. The summed E-state index contributed by atoms with van der Waals surface area (Å²) in [5.41, 5.74) is 2.95. The summed E-state index contributed by atoms with van der Waals surface area (Å²) < 4.78 is 7.84. The zero-order chi connectivity index (χ0) is 16.3. The summed E-state index contributed by atoms with van der Waals surface area (Å²) in [7, 11) is 0. The second-order valence-electron chi connectivity index (χ2n) is 5.01. The van der Waals surface area contributed by atoms with Gasteiger partial charge in [0.15, 0.2) is 6.61 Å². The lowest BCUT2D eigenvalue weighted by atomic mass is 10.1. The lowest BCUT2D eigenvalue weighted by Gasteiger charge is -2.07. The molecule has 0 atom stereocenters. The number of aryl methyl sites for hydroxylation is 1. The summed E-state index contributed by atoms with van der Waals surface area (Å²) in [6, 6.07) is 8.81. The van der Waals surface area contributed by atoms with E-state index in [1.807, 2.05) is 32.9 Å². The Morgan fingerprint density at radius 1 is 1.18 bits per heavy atom. The molecule has 2 aromatic rings. The summed E-state index contributed by atoms with van der Waals surface area (Å²) in [6.45, 7) is 6.44. The van der Waals surface area contributed by atoms with Crippen LogP contribution < -0.4 is 0 Å². The number of ether oxygens (including phenoxy) is 1. The molecule has 1 aromatic heterocycles. The van der Waals surface area contributed by atoms with E-state index in [-0.39, 0.29) is 12.4 Å². The topological polar surface area (TPSA) is 48.3 Å². The fraction of sp³-hybridized carbons (Fsp3) is 0.294. The molecule has 0 saturated heterocycles. The van der Waals surface area contributed by atoms with Gasteiger partial charge >= 0.3 is 5.97 Å².